The molecule has 0 bridgehead atoms. The second-order valence-electron chi connectivity index (χ2n) is 15.2. The lowest BCUT2D eigenvalue weighted by Gasteiger charge is -2.41. The van der Waals surface area contributed by atoms with Crippen LogP contribution in [0.25, 0.3) is 33.4 Å². The number of hydrogen-bond donors (Lipinski definition) is 0. The van der Waals surface area contributed by atoms with Gasteiger partial charge in [-0.3, -0.25) is 0 Å². The smallest absolute Gasteiger partial charge is 0.156 e. The van der Waals surface area contributed by atoms with E-state index in [0.717, 1.165) is 34.1 Å². The van der Waals surface area contributed by atoms with Gasteiger partial charge in [0.1, 0.15) is 5.75 Å². The number of anilines is 3. The summed E-state index contributed by atoms with van der Waals surface area (Å²) in [6.45, 7) is 4.70. The second kappa shape index (κ2) is 11.4. The lowest BCUT2D eigenvalue weighted by molar-refractivity contribution is 0.437. The van der Waals surface area contributed by atoms with Gasteiger partial charge in [-0.2, -0.15) is 0 Å². The van der Waals surface area contributed by atoms with E-state index in [1.165, 1.54) is 61.2 Å². The first-order valence-electron chi connectivity index (χ1n) is 18.9. The van der Waals surface area contributed by atoms with E-state index in [4.69, 9.17) is 4.74 Å². The molecule has 0 saturated carbocycles. The van der Waals surface area contributed by atoms with Crippen molar-refractivity contribution < 1.29 is 4.74 Å². The maximum absolute atomic E-state index is 7.18. The molecule has 0 fully saturated rings. The summed E-state index contributed by atoms with van der Waals surface area (Å²) in [5, 5.41) is 0. The van der Waals surface area contributed by atoms with Crippen LogP contribution in [0.3, 0.4) is 0 Å². The average molecular weight is 692 g/mol. The second-order valence-corrected chi connectivity index (χ2v) is 15.2. The summed E-state index contributed by atoms with van der Waals surface area (Å²) in [6.07, 6.45) is 0. The Labute approximate surface area is 316 Å². The summed E-state index contributed by atoms with van der Waals surface area (Å²) in [4.78, 5) is 2.40. The van der Waals surface area contributed by atoms with E-state index in [-0.39, 0.29) is 5.41 Å². The van der Waals surface area contributed by atoms with Crippen LogP contribution >= 0.6 is 0 Å². The summed E-state index contributed by atoms with van der Waals surface area (Å²) in [7, 11) is 0. The van der Waals surface area contributed by atoms with Crippen LogP contribution in [0.1, 0.15) is 47.2 Å². The van der Waals surface area contributed by atoms with Crippen molar-refractivity contribution in [3.05, 3.63) is 221 Å². The lowest BCUT2D eigenvalue weighted by Crippen LogP contribution is -2.32. The molecule has 3 aliphatic rings. The Morgan fingerprint density at radius 3 is 1.61 bits per heavy atom. The van der Waals surface area contributed by atoms with E-state index >= 15 is 0 Å². The molecule has 11 rings (SSSR count). The molecule has 8 aromatic rings. The Kier molecular flexibility index (Phi) is 6.55. The number of fused-ring (bicyclic) bond motifs is 12. The van der Waals surface area contributed by atoms with E-state index in [1.54, 1.807) is 0 Å². The van der Waals surface area contributed by atoms with Crippen molar-refractivity contribution in [2.75, 3.05) is 4.90 Å². The summed E-state index contributed by atoms with van der Waals surface area (Å²) >= 11 is 0. The van der Waals surface area contributed by atoms with Crippen molar-refractivity contribution in [3.8, 4) is 44.9 Å². The molecule has 0 N–H and O–H groups in total. The van der Waals surface area contributed by atoms with Gasteiger partial charge < -0.3 is 9.64 Å². The average Bonchev–Trinajstić information content (AvgIpc) is 3.65. The van der Waals surface area contributed by atoms with Gasteiger partial charge in [-0.05, 0) is 92.0 Å². The molecule has 1 heterocycles. The maximum Gasteiger partial charge on any atom is 0.156 e. The molecule has 54 heavy (non-hydrogen) atoms. The molecule has 1 aliphatic heterocycles. The third kappa shape index (κ3) is 4.17. The summed E-state index contributed by atoms with van der Waals surface area (Å²) < 4.78 is 7.18. The minimum atomic E-state index is -0.544. The zero-order valence-corrected chi connectivity index (χ0v) is 30.3. The predicted octanol–water partition coefficient (Wildman–Crippen LogP) is 13.6. The number of nitrogens with zero attached hydrogens (tertiary/aromatic N) is 1. The van der Waals surface area contributed by atoms with Crippen LogP contribution in [0.5, 0.6) is 11.5 Å². The third-order valence-electron chi connectivity index (χ3n) is 12.2. The molecule has 0 amide bonds. The highest BCUT2D eigenvalue weighted by molar-refractivity contribution is 5.92. The molecule has 1 spiro atoms. The zero-order chi connectivity index (χ0) is 36.0. The van der Waals surface area contributed by atoms with Crippen molar-refractivity contribution in [2.24, 2.45) is 0 Å². The molecule has 256 valence electrons. The fourth-order valence-corrected chi connectivity index (χ4v) is 9.73. The number of benzene rings is 8. The Hall–Kier alpha value is -6.64. The van der Waals surface area contributed by atoms with Gasteiger partial charge in [0.05, 0.1) is 11.1 Å². The molecule has 2 nitrogen and oxygen atoms in total. The molecule has 8 aromatic carbocycles. The number of ether oxygens (including phenoxy) is 1. The monoisotopic (exact) mass is 691 g/mol. The largest absolute Gasteiger partial charge is 0.454 e. The van der Waals surface area contributed by atoms with Gasteiger partial charge in [0.2, 0.25) is 0 Å². The fourth-order valence-electron chi connectivity index (χ4n) is 9.73. The minimum absolute atomic E-state index is 0.141. The van der Waals surface area contributed by atoms with Crippen LogP contribution in [0.2, 0.25) is 0 Å². The topological polar surface area (TPSA) is 12.5 Å². The van der Waals surface area contributed by atoms with E-state index in [1.807, 2.05) is 0 Å². The van der Waals surface area contributed by atoms with Crippen molar-refractivity contribution in [1.29, 1.82) is 0 Å². The molecule has 2 heteroatoms. The molecular formula is C52H37NO. The minimum Gasteiger partial charge on any atom is -0.454 e. The first-order chi connectivity index (χ1) is 26.5. The van der Waals surface area contributed by atoms with Crippen molar-refractivity contribution in [3.63, 3.8) is 0 Å². The van der Waals surface area contributed by atoms with Crippen LogP contribution in [0, 0.1) is 0 Å². The molecule has 2 aliphatic carbocycles. The van der Waals surface area contributed by atoms with Crippen LogP contribution in [0.4, 0.5) is 17.1 Å². The van der Waals surface area contributed by atoms with Gasteiger partial charge in [-0.25, -0.2) is 0 Å². The number of rotatable bonds is 4. The van der Waals surface area contributed by atoms with Crippen LogP contribution < -0.4 is 9.64 Å². The summed E-state index contributed by atoms with van der Waals surface area (Å²) in [5.74, 6) is 1.76. The molecule has 0 radical (unpaired) electrons. The quantitative estimate of drug-likeness (QED) is 0.182. The molecule has 0 atom stereocenters. The molecule has 0 saturated heterocycles. The van der Waals surface area contributed by atoms with Crippen LogP contribution in [0.15, 0.2) is 188 Å². The standard InChI is InChI=1S/C52H37NO/c1-51(2)42-20-9-6-17-38(42)41-32-31-37(33-47(41)51)53(36-29-27-35(28-30-36)34-15-4-3-5-16-34)48-25-14-24-46-50(48)54-49-26-13-12-23-45(49)52(46)43-21-10-7-18-39(43)40-19-8-11-22-44(40)52/h3-33H,1-2H3. The zero-order valence-electron chi connectivity index (χ0n) is 30.3. The predicted molar refractivity (Wildman–Crippen MR) is 222 cm³/mol. The first kappa shape index (κ1) is 30.9. The van der Waals surface area contributed by atoms with Crippen molar-refractivity contribution in [1.82, 2.24) is 0 Å². The Morgan fingerprint density at radius 1 is 0.389 bits per heavy atom. The fraction of sp³-hybridized carbons (Fsp3) is 0.0769. The Balaban J connectivity index is 1.18. The number of para-hydroxylation sites is 2. The van der Waals surface area contributed by atoms with E-state index in [0.29, 0.717) is 0 Å². The summed E-state index contributed by atoms with van der Waals surface area (Å²) in [5.41, 5.74) is 17.6. The van der Waals surface area contributed by atoms with E-state index in [9.17, 15) is 0 Å². The first-order valence-corrected chi connectivity index (χ1v) is 18.9. The van der Waals surface area contributed by atoms with Gasteiger partial charge in [0.15, 0.2) is 5.75 Å². The number of hydrogen-bond acceptors (Lipinski definition) is 2. The van der Waals surface area contributed by atoms with Gasteiger partial charge in [-0.15, -0.1) is 0 Å². The summed E-state index contributed by atoms with van der Waals surface area (Å²) in [6, 6.07) is 68.7. The van der Waals surface area contributed by atoms with E-state index in [2.05, 4.69) is 207 Å². The van der Waals surface area contributed by atoms with Gasteiger partial charge >= 0.3 is 0 Å². The third-order valence-corrected chi connectivity index (χ3v) is 12.2. The molecule has 0 aromatic heterocycles. The van der Waals surface area contributed by atoms with Gasteiger partial charge in [0, 0.05) is 27.9 Å². The van der Waals surface area contributed by atoms with Gasteiger partial charge in [0.25, 0.3) is 0 Å². The highest BCUT2D eigenvalue weighted by Gasteiger charge is 2.51. The van der Waals surface area contributed by atoms with Crippen molar-refractivity contribution in [2.45, 2.75) is 24.7 Å². The van der Waals surface area contributed by atoms with Crippen molar-refractivity contribution >= 4 is 17.1 Å². The molecule has 0 unspecified atom stereocenters. The lowest BCUT2D eigenvalue weighted by atomic mass is 9.66. The normalized spacial score (nSPS) is 14.6. The highest BCUT2D eigenvalue weighted by atomic mass is 16.5. The van der Waals surface area contributed by atoms with E-state index < -0.39 is 5.41 Å². The van der Waals surface area contributed by atoms with Gasteiger partial charge in [-0.1, -0.05) is 166 Å². The van der Waals surface area contributed by atoms with Crippen LogP contribution in [-0.2, 0) is 10.8 Å². The van der Waals surface area contributed by atoms with Crippen LogP contribution in [-0.4, -0.2) is 0 Å². The molecular weight excluding hydrogens is 655 g/mol. The SMILES string of the molecule is CC1(C)c2ccccc2-c2ccc(N(c3ccc(-c4ccccc4)cc3)c3cccc4c3Oc3ccccc3C43c4ccccc4-c4ccccc43)cc21. The maximum atomic E-state index is 7.18. The highest BCUT2D eigenvalue weighted by Crippen LogP contribution is 2.64. The Morgan fingerprint density at radius 2 is 0.907 bits per heavy atom. The Bertz CT molecular complexity index is 2730.